The van der Waals surface area contributed by atoms with Gasteiger partial charge in [0, 0.05) is 43.5 Å². The molecule has 0 spiro atoms. The van der Waals surface area contributed by atoms with E-state index in [-0.39, 0.29) is 23.6 Å². The number of aromatic hydroxyl groups is 1. The third-order valence-electron chi connectivity index (χ3n) is 5.09. The summed E-state index contributed by atoms with van der Waals surface area (Å²) in [7, 11) is 0. The van der Waals surface area contributed by atoms with E-state index in [1.54, 1.807) is 12.1 Å². The van der Waals surface area contributed by atoms with Crippen molar-refractivity contribution in [1.29, 1.82) is 0 Å². The summed E-state index contributed by atoms with van der Waals surface area (Å²) in [5.74, 6) is 0.318. The molecule has 2 aliphatic rings. The van der Waals surface area contributed by atoms with E-state index in [9.17, 15) is 14.7 Å². The van der Waals surface area contributed by atoms with Gasteiger partial charge in [-0.15, -0.1) is 0 Å². The van der Waals surface area contributed by atoms with Gasteiger partial charge in [-0.3, -0.25) is 9.59 Å². The largest absolute Gasteiger partial charge is 0.508 e. The maximum atomic E-state index is 12.8. The third kappa shape index (κ3) is 2.52. The summed E-state index contributed by atoms with van der Waals surface area (Å²) in [6, 6.07) is 5.04. The van der Waals surface area contributed by atoms with Crippen LogP contribution in [0.5, 0.6) is 5.75 Å². The zero-order chi connectivity index (χ0) is 16.7. The van der Waals surface area contributed by atoms with Crippen molar-refractivity contribution < 1.29 is 19.1 Å². The van der Waals surface area contributed by atoms with Gasteiger partial charge in [-0.05, 0) is 31.4 Å². The van der Waals surface area contributed by atoms with Gasteiger partial charge in [0.2, 0.25) is 5.91 Å². The molecule has 2 fully saturated rings. The van der Waals surface area contributed by atoms with Crippen molar-refractivity contribution in [2.45, 2.75) is 31.7 Å². The van der Waals surface area contributed by atoms with Crippen LogP contribution in [0.15, 0.2) is 28.9 Å². The molecular weight excluding hydrogens is 308 g/mol. The van der Waals surface area contributed by atoms with Crippen LogP contribution >= 0.6 is 0 Å². The van der Waals surface area contributed by atoms with Crippen LogP contribution in [0.2, 0.25) is 0 Å². The number of rotatable bonds is 2. The number of likely N-dealkylation sites (tertiary alicyclic amines) is 2. The molecule has 0 unspecified atom stereocenters. The maximum Gasteiger partial charge on any atom is 0.257 e. The maximum absolute atomic E-state index is 12.8. The van der Waals surface area contributed by atoms with Gasteiger partial charge in [0.1, 0.15) is 17.6 Å². The van der Waals surface area contributed by atoms with Crippen LogP contribution in [-0.2, 0) is 4.79 Å². The van der Waals surface area contributed by atoms with Crippen LogP contribution in [0.1, 0.15) is 36.0 Å². The molecule has 6 nitrogen and oxygen atoms in total. The van der Waals surface area contributed by atoms with Crippen LogP contribution in [0, 0.1) is 0 Å². The summed E-state index contributed by atoms with van der Waals surface area (Å²) in [5, 5.41) is 10.2. The SMILES string of the molecule is O=C(c1coc2cc(O)ccc12)N1CCC(N2CCCC2=O)CC1. The summed E-state index contributed by atoms with van der Waals surface area (Å²) in [6.07, 6.45) is 4.73. The lowest BCUT2D eigenvalue weighted by Crippen LogP contribution is -2.47. The van der Waals surface area contributed by atoms with Gasteiger partial charge >= 0.3 is 0 Å². The molecule has 0 radical (unpaired) electrons. The Bertz CT molecular complexity index is 789. The molecule has 2 amide bonds. The smallest absolute Gasteiger partial charge is 0.257 e. The summed E-state index contributed by atoms with van der Waals surface area (Å²) in [6.45, 7) is 2.16. The molecule has 2 aliphatic heterocycles. The molecule has 0 aliphatic carbocycles. The van der Waals surface area contributed by atoms with Crippen molar-refractivity contribution in [3.05, 3.63) is 30.0 Å². The highest BCUT2D eigenvalue weighted by Gasteiger charge is 2.32. The van der Waals surface area contributed by atoms with Crippen LogP contribution in [-0.4, -0.2) is 52.4 Å². The lowest BCUT2D eigenvalue weighted by molar-refractivity contribution is -0.130. The quantitative estimate of drug-likeness (QED) is 0.918. The Balaban J connectivity index is 1.47. The van der Waals surface area contributed by atoms with E-state index in [4.69, 9.17) is 4.42 Å². The lowest BCUT2D eigenvalue weighted by Gasteiger charge is -2.36. The topological polar surface area (TPSA) is 74.0 Å². The first-order valence-corrected chi connectivity index (χ1v) is 8.42. The van der Waals surface area contributed by atoms with Crippen LogP contribution in [0.3, 0.4) is 0 Å². The van der Waals surface area contributed by atoms with Crippen molar-refractivity contribution in [2.24, 2.45) is 0 Å². The Morgan fingerprint density at radius 2 is 2.00 bits per heavy atom. The number of hydrogen-bond donors (Lipinski definition) is 1. The molecule has 1 N–H and O–H groups in total. The van der Waals surface area contributed by atoms with Crippen molar-refractivity contribution in [1.82, 2.24) is 9.80 Å². The van der Waals surface area contributed by atoms with Crippen molar-refractivity contribution >= 4 is 22.8 Å². The molecule has 0 saturated carbocycles. The number of piperidine rings is 1. The van der Waals surface area contributed by atoms with Crippen molar-refractivity contribution in [2.75, 3.05) is 19.6 Å². The first-order chi connectivity index (χ1) is 11.6. The molecular formula is C18H20N2O4. The molecule has 0 bridgehead atoms. The van der Waals surface area contributed by atoms with E-state index < -0.39 is 0 Å². The summed E-state index contributed by atoms with van der Waals surface area (Å²) < 4.78 is 5.40. The highest BCUT2D eigenvalue weighted by molar-refractivity contribution is 6.06. The average molecular weight is 328 g/mol. The Kier molecular flexibility index (Phi) is 3.67. The summed E-state index contributed by atoms with van der Waals surface area (Å²) >= 11 is 0. The average Bonchev–Trinajstić information content (AvgIpc) is 3.20. The number of furan rings is 1. The van der Waals surface area contributed by atoms with E-state index >= 15 is 0 Å². The number of carbonyl (C=O) groups is 2. The van der Waals surface area contributed by atoms with E-state index in [0.717, 1.165) is 31.2 Å². The van der Waals surface area contributed by atoms with E-state index in [2.05, 4.69) is 0 Å². The van der Waals surface area contributed by atoms with Crippen molar-refractivity contribution in [3.63, 3.8) is 0 Å². The molecule has 4 rings (SSSR count). The number of amides is 2. The van der Waals surface area contributed by atoms with E-state index in [1.807, 2.05) is 9.80 Å². The van der Waals surface area contributed by atoms with E-state index in [1.165, 1.54) is 12.3 Å². The highest BCUT2D eigenvalue weighted by Crippen LogP contribution is 2.28. The monoisotopic (exact) mass is 328 g/mol. The molecule has 0 atom stereocenters. The third-order valence-corrected chi connectivity index (χ3v) is 5.09. The van der Waals surface area contributed by atoms with Gasteiger partial charge in [0.25, 0.3) is 5.91 Å². The molecule has 126 valence electrons. The van der Waals surface area contributed by atoms with Gasteiger partial charge in [-0.25, -0.2) is 0 Å². The standard InChI is InChI=1S/C18H20N2O4/c21-13-3-4-14-15(11-24-16(14)10-13)18(23)19-8-5-12(6-9-19)20-7-1-2-17(20)22/h3-4,10-12,21H,1-2,5-9H2. The number of phenols is 1. The number of hydrogen-bond acceptors (Lipinski definition) is 4. The van der Waals surface area contributed by atoms with E-state index in [0.29, 0.717) is 30.7 Å². The fourth-order valence-electron chi connectivity index (χ4n) is 3.79. The van der Waals surface area contributed by atoms with Gasteiger partial charge in [0.15, 0.2) is 0 Å². The Labute approximate surface area is 139 Å². The predicted molar refractivity (Wildman–Crippen MR) is 87.8 cm³/mol. The normalized spacial score (nSPS) is 19.4. The Hall–Kier alpha value is -2.50. The zero-order valence-electron chi connectivity index (χ0n) is 13.4. The minimum Gasteiger partial charge on any atom is -0.508 e. The molecule has 3 heterocycles. The number of fused-ring (bicyclic) bond motifs is 1. The van der Waals surface area contributed by atoms with Gasteiger partial charge in [-0.2, -0.15) is 0 Å². The minimum atomic E-state index is -0.0503. The van der Waals surface area contributed by atoms with Crippen molar-refractivity contribution in [3.8, 4) is 5.75 Å². The van der Waals surface area contributed by atoms with Crippen LogP contribution in [0.25, 0.3) is 11.0 Å². The Morgan fingerprint density at radius 1 is 1.21 bits per heavy atom. The molecule has 1 aromatic heterocycles. The molecule has 1 aromatic carbocycles. The number of carbonyl (C=O) groups excluding carboxylic acids is 2. The first-order valence-electron chi connectivity index (χ1n) is 8.42. The first kappa shape index (κ1) is 15.1. The molecule has 6 heteroatoms. The van der Waals surface area contributed by atoms with Gasteiger partial charge in [-0.1, -0.05) is 0 Å². The molecule has 2 saturated heterocycles. The second-order valence-corrected chi connectivity index (χ2v) is 6.54. The van der Waals surface area contributed by atoms with Crippen LogP contribution in [0.4, 0.5) is 0 Å². The number of benzene rings is 1. The molecule has 2 aromatic rings. The zero-order valence-corrected chi connectivity index (χ0v) is 13.4. The summed E-state index contributed by atoms with van der Waals surface area (Å²) in [5.41, 5.74) is 1.04. The van der Waals surface area contributed by atoms with Gasteiger partial charge in [0.05, 0.1) is 5.56 Å². The fraction of sp³-hybridized carbons (Fsp3) is 0.444. The predicted octanol–water partition coefficient (Wildman–Crippen LogP) is 2.37. The summed E-state index contributed by atoms with van der Waals surface area (Å²) in [4.78, 5) is 28.4. The Morgan fingerprint density at radius 3 is 2.71 bits per heavy atom. The second-order valence-electron chi connectivity index (χ2n) is 6.54. The van der Waals surface area contributed by atoms with Crippen LogP contribution < -0.4 is 0 Å². The number of phenolic OH excluding ortho intramolecular Hbond substituents is 1. The lowest BCUT2D eigenvalue weighted by atomic mass is 10.0. The number of nitrogens with zero attached hydrogens (tertiary/aromatic N) is 2. The van der Waals surface area contributed by atoms with Gasteiger partial charge < -0.3 is 19.3 Å². The minimum absolute atomic E-state index is 0.0503. The molecule has 24 heavy (non-hydrogen) atoms. The second kappa shape index (κ2) is 5.85. The highest BCUT2D eigenvalue weighted by atomic mass is 16.3. The fourth-order valence-corrected chi connectivity index (χ4v) is 3.79.